The molecule has 0 aromatic carbocycles. The smallest absolute Gasteiger partial charge is 0.790 e. The Balaban J connectivity index is -0.00000180. The molecule has 7 heteroatoms. The molecular formula is C15H31K2O4P. The summed E-state index contributed by atoms with van der Waals surface area (Å²) in [6, 6.07) is 0. The van der Waals surface area contributed by atoms with Gasteiger partial charge in [0, 0.05) is 0 Å². The van der Waals surface area contributed by atoms with Gasteiger partial charge in [-0.2, -0.15) is 0 Å². The summed E-state index contributed by atoms with van der Waals surface area (Å²) in [4.78, 5) is 20.4. The first-order valence-corrected chi connectivity index (χ1v) is 9.69. The number of phosphoric ester groups is 1. The van der Waals surface area contributed by atoms with Crippen LogP contribution in [0.1, 0.15) is 90.4 Å². The van der Waals surface area contributed by atoms with Crippen LogP contribution in [-0.4, -0.2) is 6.61 Å². The summed E-state index contributed by atoms with van der Waals surface area (Å²) in [5.74, 6) is 0. The van der Waals surface area contributed by atoms with E-state index >= 15 is 0 Å². The summed E-state index contributed by atoms with van der Waals surface area (Å²) in [7, 11) is -4.75. The Morgan fingerprint density at radius 3 is 1.32 bits per heavy atom. The van der Waals surface area contributed by atoms with Crippen molar-refractivity contribution in [2.45, 2.75) is 90.4 Å². The molecule has 0 fully saturated rings. The third-order valence-electron chi connectivity index (χ3n) is 3.50. The Bertz CT molecular complexity index is 250. The van der Waals surface area contributed by atoms with Crippen molar-refractivity contribution >= 4 is 7.82 Å². The normalized spacial score (nSPS) is 10.9. The second kappa shape index (κ2) is 22.4. The molecule has 0 spiro atoms. The molecule has 22 heavy (non-hydrogen) atoms. The van der Waals surface area contributed by atoms with Crippen LogP contribution in [0, 0.1) is 0 Å². The van der Waals surface area contributed by atoms with Gasteiger partial charge in [-0.15, -0.1) is 0 Å². The van der Waals surface area contributed by atoms with E-state index in [0.29, 0.717) is 6.42 Å². The van der Waals surface area contributed by atoms with E-state index in [1.807, 2.05) is 0 Å². The van der Waals surface area contributed by atoms with E-state index in [0.717, 1.165) is 12.8 Å². The fourth-order valence-electron chi connectivity index (χ4n) is 2.30. The van der Waals surface area contributed by atoms with E-state index in [-0.39, 0.29) is 109 Å². The molecule has 0 heterocycles. The zero-order valence-electron chi connectivity index (χ0n) is 15.0. The first-order chi connectivity index (χ1) is 9.56. The molecule has 0 aliphatic rings. The van der Waals surface area contributed by atoms with Gasteiger partial charge in [-0.05, 0) is 6.42 Å². The van der Waals surface area contributed by atoms with Crippen molar-refractivity contribution in [3.63, 3.8) is 0 Å². The second-order valence-corrected chi connectivity index (χ2v) is 6.68. The van der Waals surface area contributed by atoms with Crippen LogP contribution in [0.3, 0.4) is 0 Å². The van der Waals surface area contributed by atoms with Crippen LogP contribution >= 0.6 is 7.82 Å². The van der Waals surface area contributed by atoms with Crippen molar-refractivity contribution in [2.75, 3.05) is 6.61 Å². The fraction of sp³-hybridized carbons (Fsp3) is 1.00. The van der Waals surface area contributed by atoms with Crippen LogP contribution < -0.4 is 113 Å². The molecular weight excluding hydrogens is 353 g/mol. The minimum atomic E-state index is -4.75. The average Bonchev–Trinajstić information content (AvgIpc) is 2.38. The molecule has 0 unspecified atom stereocenters. The molecule has 0 aromatic rings. The first-order valence-electron chi connectivity index (χ1n) is 8.23. The van der Waals surface area contributed by atoms with E-state index in [4.69, 9.17) is 0 Å². The summed E-state index contributed by atoms with van der Waals surface area (Å²) >= 11 is 0. The maximum Gasteiger partial charge on any atom is 1.00 e. The van der Waals surface area contributed by atoms with Crippen LogP contribution in [0.25, 0.3) is 0 Å². The van der Waals surface area contributed by atoms with Gasteiger partial charge in [-0.3, -0.25) is 0 Å². The fourth-order valence-corrected chi connectivity index (χ4v) is 2.65. The zero-order valence-corrected chi connectivity index (χ0v) is 22.1. The number of hydrogen-bond donors (Lipinski definition) is 0. The molecule has 4 nitrogen and oxygen atoms in total. The van der Waals surface area contributed by atoms with Crippen LogP contribution in [0.4, 0.5) is 0 Å². The third kappa shape index (κ3) is 28.2. The van der Waals surface area contributed by atoms with Gasteiger partial charge in [-0.25, -0.2) is 0 Å². The van der Waals surface area contributed by atoms with E-state index in [1.165, 1.54) is 64.2 Å². The van der Waals surface area contributed by atoms with E-state index in [1.54, 1.807) is 0 Å². The Morgan fingerprint density at radius 2 is 1.00 bits per heavy atom. The van der Waals surface area contributed by atoms with Crippen molar-refractivity contribution in [3.8, 4) is 0 Å². The predicted octanol–water partition coefficient (Wildman–Crippen LogP) is -2.07. The Labute approximate surface area is 222 Å². The van der Waals surface area contributed by atoms with Crippen molar-refractivity contribution in [1.29, 1.82) is 0 Å². The van der Waals surface area contributed by atoms with Gasteiger partial charge < -0.3 is 18.9 Å². The van der Waals surface area contributed by atoms with Gasteiger partial charge in [-0.1, -0.05) is 84.0 Å². The standard InChI is InChI=1S/C15H33O4P.2K/c1-2-3-4-5-6-7-8-9-10-11-12-13-14-15-19-20(16,17)18;;/h2-15H2,1H3,(H2,16,17,18);;/q;2*+1/p-2. The molecule has 0 atom stereocenters. The zero-order chi connectivity index (χ0) is 15.1. The van der Waals surface area contributed by atoms with Crippen molar-refractivity contribution in [1.82, 2.24) is 0 Å². The summed E-state index contributed by atoms with van der Waals surface area (Å²) in [5, 5.41) is 0. The Morgan fingerprint density at radius 1 is 0.682 bits per heavy atom. The molecule has 0 radical (unpaired) electrons. The summed E-state index contributed by atoms with van der Waals surface area (Å²) in [6.45, 7) is 2.29. The number of phosphoric acid groups is 1. The molecule has 0 N–H and O–H groups in total. The van der Waals surface area contributed by atoms with Crippen LogP contribution in [0.2, 0.25) is 0 Å². The maximum atomic E-state index is 10.2. The predicted molar refractivity (Wildman–Crippen MR) is 79.3 cm³/mol. The molecule has 0 amide bonds. The van der Waals surface area contributed by atoms with Gasteiger partial charge in [0.25, 0.3) is 0 Å². The Kier molecular flexibility index (Phi) is 30.7. The minimum Gasteiger partial charge on any atom is -0.790 e. The molecule has 0 aliphatic carbocycles. The molecule has 0 saturated carbocycles. The SMILES string of the molecule is CCCCCCCCCCCCCCCOP(=O)([O-])[O-].[K+].[K+]. The third-order valence-corrected chi connectivity index (χ3v) is 4.00. The van der Waals surface area contributed by atoms with Gasteiger partial charge in [0.15, 0.2) is 0 Å². The Hall–Kier alpha value is 3.38. The van der Waals surface area contributed by atoms with Gasteiger partial charge in [0.05, 0.1) is 14.4 Å². The minimum absolute atomic E-state index is 0. The molecule has 0 rings (SSSR count). The van der Waals surface area contributed by atoms with Crippen molar-refractivity contribution < 1.29 is 122 Å². The van der Waals surface area contributed by atoms with Gasteiger partial charge in [0.2, 0.25) is 0 Å². The number of hydrogen-bond acceptors (Lipinski definition) is 4. The monoisotopic (exact) mass is 384 g/mol. The molecule has 0 saturated heterocycles. The van der Waals surface area contributed by atoms with Gasteiger partial charge >= 0.3 is 103 Å². The summed E-state index contributed by atoms with van der Waals surface area (Å²) in [6.07, 6.45) is 16.0. The van der Waals surface area contributed by atoms with Crippen LogP contribution in [-0.2, 0) is 9.09 Å². The largest absolute Gasteiger partial charge is 1.00 e. The quantitative estimate of drug-likeness (QED) is 0.185. The molecule has 0 bridgehead atoms. The van der Waals surface area contributed by atoms with Crippen LogP contribution in [0.5, 0.6) is 0 Å². The topological polar surface area (TPSA) is 72.4 Å². The van der Waals surface area contributed by atoms with Crippen molar-refractivity contribution in [3.05, 3.63) is 0 Å². The maximum absolute atomic E-state index is 10.2. The number of rotatable bonds is 15. The van der Waals surface area contributed by atoms with E-state index < -0.39 is 7.82 Å². The molecule has 0 aromatic heterocycles. The van der Waals surface area contributed by atoms with Crippen molar-refractivity contribution in [2.24, 2.45) is 0 Å². The molecule has 0 aliphatic heterocycles. The second-order valence-electron chi connectivity index (χ2n) is 5.52. The summed E-state index contributed by atoms with van der Waals surface area (Å²) < 4.78 is 14.4. The van der Waals surface area contributed by atoms with E-state index in [2.05, 4.69) is 11.4 Å². The first kappa shape index (κ1) is 30.1. The van der Waals surface area contributed by atoms with Crippen LogP contribution in [0.15, 0.2) is 0 Å². The number of unbranched alkanes of at least 4 members (excludes halogenated alkanes) is 12. The average molecular weight is 385 g/mol. The molecule has 122 valence electrons. The van der Waals surface area contributed by atoms with E-state index in [9.17, 15) is 14.4 Å². The van der Waals surface area contributed by atoms with Gasteiger partial charge in [0.1, 0.15) is 0 Å². The summed E-state index contributed by atoms with van der Waals surface area (Å²) in [5.41, 5.74) is 0.